The predicted octanol–water partition coefficient (Wildman–Crippen LogP) is 0.650. The van der Waals surface area contributed by atoms with E-state index >= 15 is 0 Å². The second kappa shape index (κ2) is 5.81. The molecule has 1 unspecified atom stereocenters. The summed E-state index contributed by atoms with van der Waals surface area (Å²) in [6, 6.07) is 0. The highest BCUT2D eigenvalue weighted by atomic mass is 16.5. The second-order valence-corrected chi connectivity index (χ2v) is 7.10. The quantitative estimate of drug-likeness (QED) is 0.768. The van der Waals surface area contributed by atoms with Crippen LogP contribution in [0.15, 0.2) is 0 Å². The molecular formula is C16H26N2O4. The maximum Gasteiger partial charge on any atom is 0.252 e. The summed E-state index contributed by atoms with van der Waals surface area (Å²) in [6.45, 7) is 3.94. The molecule has 2 aliphatic heterocycles. The Morgan fingerprint density at radius 3 is 2.45 bits per heavy atom. The molecule has 0 bridgehead atoms. The normalized spacial score (nSPS) is 35.5. The molecule has 0 radical (unpaired) electrons. The lowest BCUT2D eigenvalue weighted by atomic mass is 9.92. The van der Waals surface area contributed by atoms with Gasteiger partial charge < -0.3 is 19.3 Å². The lowest BCUT2D eigenvalue weighted by Crippen LogP contribution is -2.60. The lowest BCUT2D eigenvalue weighted by molar-refractivity contribution is -0.163. The van der Waals surface area contributed by atoms with Crippen molar-refractivity contribution < 1.29 is 19.1 Å². The Kier molecular flexibility index (Phi) is 4.16. The predicted molar refractivity (Wildman–Crippen MR) is 80.3 cm³/mol. The van der Waals surface area contributed by atoms with Crippen LogP contribution < -0.4 is 0 Å². The molecule has 3 atom stereocenters. The maximum absolute atomic E-state index is 12.9. The van der Waals surface area contributed by atoms with Crippen LogP contribution in [0.5, 0.6) is 0 Å². The van der Waals surface area contributed by atoms with Crippen molar-refractivity contribution in [3.63, 3.8) is 0 Å². The number of hydrogen-bond donors (Lipinski definition) is 0. The number of likely N-dealkylation sites (N-methyl/N-ethyl adjacent to an activating group) is 1. The van der Waals surface area contributed by atoms with Crippen LogP contribution in [0.4, 0.5) is 0 Å². The van der Waals surface area contributed by atoms with Crippen LogP contribution in [0.25, 0.3) is 0 Å². The molecule has 6 nitrogen and oxygen atoms in total. The Morgan fingerprint density at radius 2 is 1.82 bits per heavy atom. The highest BCUT2D eigenvalue weighted by Crippen LogP contribution is 2.45. The van der Waals surface area contributed by atoms with Gasteiger partial charge >= 0.3 is 0 Å². The lowest BCUT2D eigenvalue weighted by Gasteiger charge is -2.46. The van der Waals surface area contributed by atoms with Gasteiger partial charge in [-0.15, -0.1) is 0 Å². The van der Waals surface area contributed by atoms with Crippen molar-refractivity contribution in [3.05, 3.63) is 0 Å². The van der Waals surface area contributed by atoms with E-state index in [1.54, 1.807) is 14.1 Å². The van der Waals surface area contributed by atoms with Crippen LogP contribution in [-0.2, 0) is 19.1 Å². The van der Waals surface area contributed by atoms with E-state index in [2.05, 4.69) is 6.92 Å². The van der Waals surface area contributed by atoms with Gasteiger partial charge in [-0.1, -0.05) is 0 Å². The molecule has 6 heteroatoms. The van der Waals surface area contributed by atoms with E-state index in [1.165, 1.54) is 4.90 Å². The van der Waals surface area contributed by atoms with Crippen molar-refractivity contribution in [2.45, 2.75) is 50.4 Å². The minimum Gasteiger partial charge on any atom is -0.377 e. The highest BCUT2D eigenvalue weighted by Gasteiger charge is 2.51. The summed E-state index contributed by atoms with van der Waals surface area (Å²) in [7, 11) is 3.43. The van der Waals surface area contributed by atoms with Gasteiger partial charge in [0.2, 0.25) is 0 Å². The average Bonchev–Trinajstić information content (AvgIpc) is 3.25. The Labute approximate surface area is 131 Å². The van der Waals surface area contributed by atoms with E-state index in [4.69, 9.17) is 9.47 Å². The van der Waals surface area contributed by atoms with Gasteiger partial charge in [-0.25, -0.2) is 0 Å². The summed E-state index contributed by atoms with van der Waals surface area (Å²) in [4.78, 5) is 28.4. The third kappa shape index (κ3) is 2.74. The molecule has 1 saturated carbocycles. The van der Waals surface area contributed by atoms with Crippen LogP contribution >= 0.6 is 0 Å². The number of amides is 2. The van der Waals surface area contributed by atoms with E-state index in [0.717, 1.165) is 12.8 Å². The molecule has 2 amide bonds. The second-order valence-electron chi connectivity index (χ2n) is 7.10. The van der Waals surface area contributed by atoms with Crippen LogP contribution in [-0.4, -0.2) is 73.2 Å². The number of morpholine rings is 1. The number of hydrogen-bond acceptors (Lipinski definition) is 4. The number of ether oxygens (including phenoxy) is 2. The molecule has 3 rings (SSSR count). The van der Waals surface area contributed by atoms with E-state index in [1.807, 2.05) is 4.90 Å². The molecule has 0 N–H and O–H groups in total. The monoisotopic (exact) mass is 310 g/mol. The molecular weight excluding hydrogens is 284 g/mol. The van der Waals surface area contributed by atoms with Gasteiger partial charge in [0, 0.05) is 20.6 Å². The molecule has 3 aliphatic rings. The first kappa shape index (κ1) is 15.7. The zero-order valence-corrected chi connectivity index (χ0v) is 13.7. The molecule has 22 heavy (non-hydrogen) atoms. The summed E-state index contributed by atoms with van der Waals surface area (Å²) in [5.74, 6) is 0.520. The summed E-state index contributed by atoms with van der Waals surface area (Å²) >= 11 is 0. The molecule has 124 valence electrons. The fourth-order valence-corrected chi connectivity index (χ4v) is 3.64. The summed E-state index contributed by atoms with van der Waals surface area (Å²) in [5, 5.41) is 0. The highest BCUT2D eigenvalue weighted by molar-refractivity contribution is 5.85. The molecule has 2 saturated heterocycles. The standard InChI is InChI=1S/C16H26N2O4/c1-16(11-4-5-11)10-21-9-8-18(16)15(20)13-7-6-12(22-13)14(19)17(2)3/h11-13H,4-10H2,1-3H3/t12-,13+,16?/m0/s1. The Bertz CT molecular complexity index is 463. The molecule has 2 heterocycles. The first-order chi connectivity index (χ1) is 10.4. The van der Waals surface area contributed by atoms with Crippen LogP contribution in [0.3, 0.4) is 0 Å². The van der Waals surface area contributed by atoms with E-state index in [-0.39, 0.29) is 17.4 Å². The molecule has 1 aliphatic carbocycles. The molecule has 0 spiro atoms. The summed E-state index contributed by atoms with van der Waals surface area (Å²) in [5.41, 5.74) is -0.206. The zero-order chi connectivity index (χ0) is 15.9. The van der Waals surface area contributed by atoms with Crippen LogP contribution in [0.1, 0.15) is 32.6 Å². The number of carbonyl (C=O) groups excluding carboxylic acids is 2. The number of rotatable bonds is 3. The fraction of sp³-hybridized carbons (Fsp3) is 0.875. The van der Waals surface area contributed by atoms with E-state index in [9.17, 15) is 9.59 Å². The molecule has 0 aromatic heterocycles. The number of nitrogens with zero attached hydrogens (tertiary/aromatic N) is 2. The van der Waals surface area contributed by atoms with Gasteiger partial charge in [-0.2, -0.15) is 0 Å². The molecule has 3 fully saturated rings. The third-order valence-corrected chi connectivity index (χ3v) is 5.20. The van der Waals surface area contributed by atoms with E-state index < -0.39 is 12.2 Å². The van der Waals surface area contributed by atoms with Crippen molar-refractivity contribution in [1.29, 1.82) is 0 Å². The maximum atomic E-state index is 12.9. The summed E-state index contributed by atoms with van der Waals surface area (Å²) in [6.07, 6.45) is 2.62. The fourth-order valence-electron chi connectivity index (χ4n) is 3.64. The smallest absolute Gasteiger partial charge is 0.252 e. The van der Waals surface area contributed by atoms with Gasteiger partial charge in [-0.3, -0.25) is 9.59 Å². The SMILES string of the molecule is CN(C)C(=O)[C@@H]1CC[C@H](C(=O)N2CCOCC2(C)C2CC2)O1. The Hall–Kier alpha value is -1.14. The number of carbonyl (C=O) groups is 2. The Morgan fingerprint density at radius 1 is 1.14 bits per heavy atom. The topological polar surface area (TPSA) is 59.1 Å². The van der Waals surface area contributed by atoms with Crippen molar-refractivity contribution in [1.82, 2.24) is 9.80 Å². The minimum atomic E-state index is -0.481. The van der Waals surface area contributed by atoms with E-state index in [0.29, 0.717) is 38.5 Å². The zero-order valence-electron chi connectivity index (χ0n) is 13.7. The summed E-state index contributed by atoms with van der Waals surface area (Å²) < 4.78 is 11.4. The van der Waals surface area contributed by atoms with Gasteiger partial charge in [0.05, 0.1) is 18.8 Å². The van der Waals surface area contributed by atoms with Gasteiger partial charge in [0.25, 0.3) is 11.8 Å². The van der Waals surface area contributed by atoms with Crippen LogP contribution in [0, 0.1) is 5.92 Å². The van der Waals surface area contributed by atoms with Gasteiger partial charge in [0.1, 0.15) is 12.2 Å². The first-order valence-electron chi connectivity index (χ1n) is 8.19. The Balaban J connectivity index is 1.67. The molecule has 0 aromatic carbocycles. The van der Waals surface area contributed by atoms with Crippen molar-refractivity contribution in [3.8, 4) is 0 Å². The van der Waals surface area contributed by atoms with Gasteiger partial charge in [0.15, 0.2) is 0 Å². The first-order valence-corrected chi connectivity index (χ1v) is 8.19. The average molecular weight is 310 g/mol. The van der Waals surface area contributed by atoms with Crippen molar-refractivity contribution >= 4 is 11.8 Å². The minimum absolute atomic E-state index is 0.0340. The third-order valence-electron chi connectivity index (χ3n) is 5.20. The van der Waals surface area contributed by atoms with Gasteiger partial charge in [-0.05, 0) is 38.5 Å². The molecule has 0 aromatic rings. The van der Waals surface area contributed by atoms with Crippen molar-refractivity contribution in [2.24, 2.45) is 5.92 Å². The van der Waals surface area contributed by atoms with Crippen LogP contribution in [0.2, 0.25) is 0 Å². The largest absolute Gasteiger partial charge is 0.377 e. The van der Waals surface area contributed by atoms with Crippen molar-refractivity contribution in [2.75, 3.05) is 33.9 Å².